The van der Waals surface area contributed by atoms with Crippen molar-refractivity contribution in [2.24, 2.45) is 0 Å². The third kappa shape index (κ3) is 7.68. The van der Waals surface area contributed by atoms with E-state index in [1.54, 1.807) is 48.5 Å². The van der Waals surface area contributed by atoms with Gasteiger partial charge in [0.1, 0.15) is 0 Å². The van der Waals surface area contributed by atoms with Gasteiger partial charge in [-0.2, -0.15) is 0 Å². The predicted molar refractivity (Wildman–Crippen MR) is 110 cm³/mol. The van der Waals surface area contributed by atoms with Crippen LogP contribution in [0, 0.1) is 0 Å². The van der Waals surface area contributed by atoms with Gasteiger partial charge >= 0.3 is 185 Å². The van der Waals surface area contributed by atoms with E-state index in [1.165, 1.54) is 0 Å². The third-order valence-corrected chi connectivity index (χ3v) is 6.08. The van der Waals surface area contributed by atoms with Crippen LogP contribution in [0.25, 0.3) is 0 Å². The molecule has 0 bridgehead atoms. The van der Waals surface area contributed by atoms with Gasteiger partial charge in [0.25, 0.3) is 0 Å². The Morgan fingerprint density at radius 2 is 1.14 bits per heavy atom. The van der Waals surface area contributed by atoms with Crippen LogP contribution in [-0.4, -0.2) is 50.3 Å². The van der Waals surface area contributed by atoms with Crippen LogP contribution in [0.3, 0.4) is 0 Å². The Kier molecular flexibility index (Phi) is 10.5. The molecule has 0 saturated heterocycles. The van der Waals surface area contributed by atoms with E-state index in [1.807, 2.05) is 0 Å². The summed E-state index contributed by atoms with van der Waals surface area (Å²) in [7, 11) is 0. The van der Waals surface area contributed by atoms with Gasteiger partial charge in [0.05, 0.1) is 0 Å². The van der Waals surface area contributed by atoms with Crippen molar-refractivity contribution in [3.63, 3.8) is 0 Å². The summed E-state index contributed by atoms with van der Waals surface area (Å²) in [6.45, 7) is 5.20. The quantitative estimate of drug-likeness (QED) is 0.265. The second-order valence-corrected chi connectivity index (χ2v) is 8.49. The molecular formula is C22H26O6Pb. The van der Waals surface area contributed by atoms with Crippen LogP contribution in [0.4, 0.5) is 0 Å². The Balaban J connectivity index is 1.90. The minimum atomic E-state index is -2.41. The number of ether oxygens (including phenoxy) is 2. The summed E-state index contributed by atoms with van der Waals surface area (Å²) in [5, 5.41) is 0. The predicted octanol–water partition coefficient (Wildman–Crippen LogP) is 4.59. The van der Waals surface area contributed by atoms with Crippen LogP contribution < -0.4 is 9.47 Å². The molecule has 0 amide bonds. The van der Waals surface area contributed by atoms with E-state index in [2.05, 4.69) is 13.8 Å². The van der Waals surface area contributed by atoms with Gasteiger partial charge < -0.3 is 0 Å². The van der Waals surface area contributed by atoms with Crippen molar-refractivity contribution in [2.45, 2.75) is 39.5 Å². The topological polar surface area (TPSA) is 71.1 Å². The van der Waals surface area contributed by atoms with Crippen LogP contribution in [0.1, 0.15) is 60.2 Å². The molecule has 7 heteroatoms. The van der Waals surface area contributed by atoms with Crippen LogP contribution in [0.2, 0.25) is 0 Å². The normalized spacial score (nSPS) is 10.3. The second kappa shape index (κ2) is 13.2. The molecule has 0 aliphatic heterocycles. The summed E-state index contributed by atoms with van der Waals surface area (Å²) < 4.78 is 21.9. The SMILES string of the molecule is CCCCOc1ccccc1C(=O)[O][Pb][O]C(=O)c1ccccc1OCCCC. The molecule has 0 fully saturated rings. The van der Waals surface area contributed by atoms with Crippen LogP contribution >= 0.6 is 0 Å². The fourth-order valence-corrected chi connectivity index (χ4v) is 3.99. The van der Waals surface area contributed by atoms with E-state index in [-0.39, 0.29) is 0 Å². The van der Waals surface area contributed by atoms with Crippen molar-refractivity contribution in [1.29, 1.82) is 0 Å². The Hall–Kier alpha value is -2.10. The molecule has 2 aromatic rings. The Morgan fingerprint density at radius 1 is 0.724 bits per heavy atom. The molecule has 154 valence electrons. The van der Waals surface area contributed by atoms with Crippen molar-refractivity contribution in [3.05, 3.63) is 59.7 Å². The molecule has 0 N–H and O–H groups in total. The maximum atomic E-state index is 12.4. The van der Waals surface area contributed by atoms with Crippen molar-refractivity contribution >= 4 is 37.1 Å². The second-order valence-electron chi connectivity index (χ2n) is 6.26. The molecule has 0 aliphatic rings. The van der Waals surface area contributed by atoms with Gasteiger partial charge in [-0.25, -0.2) is 0 Å². The number of hydrogen-bond donors (Lipinski definition) is 0. The van der Waals surface area contributed by atoms with Gasteiger partial charge in [-0.15, -0.1) is 0 Å². The van der Waals surface area contributed by atoms with Gasteiger partial charge in [-0.3, -0.25) is 0 Å². The third-order valence-electron chi connectivity index (χ3n) is 3.99. The van der Waals surface area contributed by atoms with E-state index >= 15 is 0 Å². The Labute approximate surface area is 185 Å². The maximum absolute atomic E-state index is 12.4. The molecule has 0 aromatic heterocycles. The Morgan fingerprint density at radius 3 is 1.55 bits per heavy atom. The van der Waals surface area contributed by atoms with Crippen LogP contribution in [-0.2, 0) is 5.37 Å². The van der Waals surface area contributed by atoms with E-state index in [9.17, 15) is 9.59 Å². The molecule has 0 saturated carbocycles. The molecule has 0 atom stereocenters. The summed E-state index contributed by atoms with van der Waals surface area (Å²) in [6, 6.07) is 13.8. The summed E-state index contributed by atoms with van der Waals surface area (Å²) in [6.07, 6.45) is 3.81. The fourth-order valence-electron chi connectivity index (χ4n) is 2.38. The van der Waals surface area contributed by atoms with Gasteiger partial charge in [0, 0.05) is 0 Å². The molecule has 2 aromatic carbocycles. The summed E-state index contributed by atoms with van der Waals surface area (Å²) in [5.74, 6) is -0.0903. The van der Waals surface area contributed by atoms with Crippen molar-refractivity contribution in [3.8, 4) is 11.5 Å². The van der Waals surface area contributed by atoms with E-state index in [0.29, 0.717) is 35.8 Å². The van der Waals surface area contributed by atoms with Crippen LogP contribution in [0.15, 0.2) is 48.5 Å². The minimum absolute atomic E-state index is 0.343. The number of rotatable bonds is 12. The van der Waals surface area contributed by atoms with E-state index < -0.39 is 37.1 Å². The molecule has 0 spiro atoms. The van der Waals surface area contributed by atoms with Gasteiger partial charge in [0.2, 0.25) is 0 Å². The molecule has 0 unspecified atom stereocenters. The van der Waals surface area contributed by atoms with Crippen molar-refractivity contribution < 1.29 is 24.4 Å². The number of para-hydroxylation sites is 2. The van der Waals surface area contributed by atoms with E-state index in [4.69, 9.17) is 14.8 Å². The summed E-state index contributed by atoms with van der Waals surface area (Å²) in [5.41, 5.74) is 0.686. The number of benzene rings is 2. The standard InChI is InChI=1S/2C11H14O3.Pb/c2*1-2-3-8-14-10-7-5-4-6-9(10)11(12)13;/h2*4-7H,2-3,8H2,1H3,(H,12,13);/q;;+2/p-2. The van der Waals surface area contributed by atoms with Gasteiger partial charge in [0.15, 0.2) is 0 Å². The van der Waals surface area contributed by atoms with Gasteiger partial charge in [-0.1, -0.05) is 0 Å². The zero-order valence-electron chi connectivity index (χ0n) is 16.8. The zero-order chi connectivity index (χ0) is 20.9. The fraction of sp³-hybridized carbons (Fsp3) is 0.364. The summed E-state index contributed by atoms with van der Waals surface area (Å²) in [4.78, 5) is 24.8. The first-order valence-electron chi connectivity index (χ1n) is 9.78. The number of carbonyl (C=O) groups is 2. The van der Waals surface area contributed by atoms with Crippen molar-refractivity contribution in [2.75, 3.05) is 13.2 Å². The summed E-state index contributed by atoms with van der Waals surface area (Å²) >= 11 is -2.41. The molecule has 0 aliphatic carbocycles. The first kappa shape index (κ1) is 23.2. The average molecular weight is 594 g/mol. The molecule has 29 heavy (non-hydrogen) atoms. The number of hydrogen-bond acceptors (Lipinski definition) is 6. The number of carbonyl (C=O) groups excluding carboxylic acids is 2. The average Bonchev–Trinajstić information content (AvgIpc) is 2.74. The molecule has 6 nitrogen and oxygen atoms in total. The van der Waals surface area contributed by atoms with Gasteiger partial charge in [-0.05, 0) is 0 Å². The molecule has 2 radical (unpaired) electrons. The monoisotopic (exact) mass is 594 g/mol. The zero-order valence-corrected chi connectivity index (χ0v) is 20.7. The molecular weight excluding hydrogens is 567 g/mol. The van der Waals surface area contributed by atoms with Crippen LogP contribution in [0.5, 0.6) is 11.5 Å². The Bertz CT molecular complexity index is 727. The van der Waals surface area contributed by atoms with E-state index in [0.717, 1.165) is 25.7 Å². The number of unbranched alkanes of at least 4 members (excludes halogenated alkanes) is 2. The first-order chi connectivity index (χ1) is 14.2. The molecule has 0 heterocycles. The first-order valence-corrected chi connectivity index (χ1v) is 13.0. The molecule has 2 rings (SSSR count). The van der Waals surface area contributed by atoms with Crippen molar-refractivity contribution in [1.82, 2.24) is 0 Å².